The van der Waals surface area contributed by atoms with Gasteiger partial charge in [-0.05, 0) is 136 Å². The van der Waals surface area contributed by atoms with Crippen molar-refractivity contribution < 1.29 is 0 Å². The third-order valence-electron chi connectivity index (χ3n) is 12.8. The van der Waals surface area contributed by atoms with Crippen molar-refractivity contribution in [2.24, 2.45) is 0 Å². The Bertz CT molecular complexity index is 2830. The molecule has 53 heavy (non-hydrogen) atoms. The zero-order chi connectivity index (χ0) is 35.3. The summed E-state index contributed by atoms with van der Waals surface area (Å²) in [7, 11) is 0. The summed E-state index contributed by atoms with van der Waals surface area (Å²) in [5.41, 5.74) is 20.9. The largest absolute Gasteiger partial charge is 0.0836 e. The first-order valence-corrected chi connectivity index (χ1v) is 19.3. The highest BCUT2D eigenvalue weighted by Gasteiger charge is 2.36. The van der Waals surface area contributed by atoms with Crippen molar-refractivity contribution in [1.29, 1.82) is 0 Å². The zero-order valence-electron chi connectivity index (χ0n) is 30.3. The monoisotopic (exact) mass is 676 g/mol. The van der Waals surface area contributed by atoms with Gasteiger partial charge in [-0.1, -0.05) is 166 Å². The minimum atomic E-state index is -0.0898. The first-order chi connectivity index (χ1) is 26.1. The fraction of sp³-hybridized carbons (Fsp3) is 0.132. The highest BCUT2D eigenvalue weighted by molar-refractivity contribution is 6.16. The molecular formula is C53H40. The predicted octanol–water partition coefficient (Wildman–Crippen LogP) is 13.9. The molecule has 3 aliphatic rings. The molecule has 11 rings (SSSR count). The Morgan fingerprint density at radius 3 is 1.89 bits per heavy atom. The minimum Gasteiger partial charge on any atom is -0.0836 e. The summed E-state index contributed by atoms with van der Waals surface area (Å²) in [4.78, 5) is 0. The SMILES string of the molecule is CC1(C)c2cc(-c3ccccc3)ccc2-c2ccc(-c3ccc(C4Cc5c(c6ccccc6c6ccccc56)-c5ccccc54)c4c3C=CCC4)cc21. The molecule has 252 valence electrons. The smallest absolute Gasteiger partial charge is 0.0159 e. The highest BCUT2D eigenvalue weighted by atomic mass is 14.4. The van der Waals surface area contributed by atoms with Crippen LogP contribution in [0.25, 0.3) is 72.1 Å². The van der Waals surface area contributed by atoms with Gasteiger partial charge in [0, 0.05) is 11.3 Å². The lowest BCUT2D eigenvalue weighted by Gasteiger charge is -2.33. The van der Waals surface area contributed by atoms with E-state index in [1.807, 2.05) is 0 Å². The lowest BCUT2D eigenvalue weighted by molar-refractivity contribution is 0.661. The van der Waals surface area contributed by atoms with Crippen LogP contribution in [-0.4, -0.2) is 0 Å². The fourth-order valence-electron chi connectivity index (χ4n) is 10.2. The van der Waals surface area contributed by atoms with Crippen molar-refractivity contribution in [2.45, 2.75) is 44.4 Å². The third-order valence-corrected chi connectivity index (χ3v) is 12.8. The van der Waals surface area contributed by atoms with Crippen LogP contribution in [0.4, 0.5) is 0 Å². The van der Waals surface area contributed by atoms with Crippen molar-refractivity contribution in [2.75, 3.05) is 0 Å². The summed E-state index contributed by atoms with van der Waals surface area (Å²) in [5.74, 6) is 0.296. The molecule has 1 unspecified atom stereocenters. The first-order valence-electron chi connectivity index (χ1n) is 19.3. The molecule has 0 heterocycles. The summed E-state index contributed by atoms with van der Waals surface area (Å²) in [6, 6.07) is 57.3. The molecule has 0 aromatic heterocycles. The average Bonchev–Trinajstić information content (AvgIpc) is 3.45. The summed E-state index contributed by atoms with van der Waals surface area (Å²) in [5, 5.41) is 5.46. The van der Waals surface area contributed by atoms with E-state index in [4.69, 9.17) is 0 Å². The molecule has 0 saturated carbocycles. The van der Waals surface area contributed by atoms with E-state index in [1.54, 1.807) is 0 Å². The molecule has 0 N–H and O–H groups in total. The van der Waals surface area contributed by atoms with Gasteiger partial charge in [-0.25, -0.2) is 0 Å². The van der Waals surface area contributed by atoms with Crippen LogP contribution in [0.2, 0.25) is 0 Å². The Labute approximate surface area is 312 Å². The summed E-state index contributed by atoms with van der Waals surface area (Å²) >= 11 is 0. The van der Waals surface area contributed by atoms with E-state index in [1.165, 1.54) is 105 Å². The molecule has 8 aromatic rings. The van der Waals surface area contributed by atoms with E-state index < -0.39 is 0 Å². The quantitative estimate of drug-likeness (QED) is 0.163. The molecular weight excluding hydrogens is 637 g/mol. The average molecular weight is 677 g/mol. The predicted molar refractivity (Wildman–Crippen MR) is 225 cm³/mol. The van der Waals surface area contributed by atoms with Crippen molar-refractivity contribution in [3.05, 3.63) is 197 Å². The number of benzene rings is 8. The Morgan fingerprint density at radius 2 is 1.09 bits per heavy atom. The van der Waals surface area contributed by atoms with E-state index >= 15 is 0 Å². The van der Waals surface area contributed by atoms with E-state index in [2.05, 4.69) is 178 Å². The molecule has 0 fully saturated rings. The minimum absolute atomic E-state index is 0.0898. The number of fused-ring (bicyclic) bond motifs is 12. The maximum atomic E-state index is 2.50. The van der Waals surface area contributed by atoms with Gasteiger partial charge in [0.05, 0.1) is 0 Å². The number of rotatable bonds is 3. The number of hydrogen-bond acceptors (Lipinski definition) is 0. The van der Waals surface area contributed by atoms with Crippen LogP contribution in [0.15, 0.2) is 158 Å². The first kappa shape index (κ1) is 30.6. The summed E-state index contributed by atoms with van der Waals surface area (Å²) in [6.45, 7) is 4.81. The lowest BCUT2D eigenvalue weighted by Crippen LogP contribution is -2.17. The van der Waals surface area contributed by atoms with Gasteiger partial charge in [-0.15, -0.1) is 0 Å². The van der Waals surface area contributed by atoms with Crippen LogP contribution in [-0.2, 0) is 18.3 Å². The fourth-order valence-corrected chi connectivity index (χ4v) is 10.2. The van der Waals surface area contributed by atoms with Gasteiger partial charge in [-0.2, -0.15) is 0 Å². The molecule has 0 radical (unpaired) electrons. The van der Waals surface area contributed by atoms with Gasteiger partial charge >= 0.3 is 0 Å². The number of hydrogen-bond donors (Lipinski definition) is 0. The summed E-state index contributed by atoms with van der Waals surface area (Å²) < 4.78 is 0. The molecule has 0 saturated heterocycles. The molecule has 8 aromatic carbocycles. The van der Waals surface area contributed by atoms with Crippen LogP contribution in [0.5, 0.6) is 0 Å². The van der Waals surface area contributed by atoms with Gasteiger partial charge in [0.25, 0.3) is 0 Å². The standard InChI is InChI=1S/C53H40/c1-53(2)50-30-34(33-14-4-3-5-15-33)24-26-44(50)45-27-25-35(31-51(45)53)36-28-29-43(38-17-7-6-16-37(36)38)48-32-49-41-20-9-8-18-39(41)40-19-10-12-22-46(40)52(49)47-23-13-11-21-42(47)48/h3-6,8-16,18-31,48H,7,17,32H2,1-2H3. The van der Waals surface area contributed by atoms with Crippen LogP contribution < -0.4 is 0 Å². The Morgan fingerprint density at radius 1 is 0.472 bits per heavy atom. The van der Waals surface area contributed by atoms with Crippen LogP contribution in [0, 0.1) is 0 Å². The molecule has 0 heteroatoms. The second kappa shape index (κ2) is 11.5. The van der Waals surface area contributed by atoms with Gasteiger partial charge in [0.1, 0.15) is 0 Å². The maximum absolute atomic E-state index is 2.50. The van der Waals surface area contributed by atoms with E-state index in [0.717, 1.165) is 19.3 Å². The molecule has 0 bridgehead atoms. The van der Waals surface area contributed by atoms with Crippen molar-refractivity contribution in [3.8, 4) is 44.5 Å². The Kier molecular flexibility index (Phi) is 6.65. The second-order valence-electron chi connectivity index (χ2n) is 15.8. The van der Waals surface area contributed by atoms with Gasteiger partial charge in [0.15, 0.2) is 0 Å². The molecule has 0 aliphatic heterocycles. The molecule has 0 spiro atoms. The second-order valence-corrected chi connectivity index (χ2v) is 15.8. The maximum Gasteiger partial charge on any atom is 0.0159 e. The normalized spacial score (nSPS) is 16.2. The van der Waals surface area contributed by atoms with Gasteiger partial charge < -0.3 is 0 Å². The van der Waals surface area contributed by atoms with E-state index in [0.29, 0.717) is 5.92 Å². The third kappa shape index (κ3) is 4.48. The van der Waals surface area contributed by atoms with Crippen LogP contribution >= 0.6 is 0 Å². The van der Waals surface area contributed by atoms with Crippen molar-refractivity contribution >= 4 is 27.6 Å². The van der Waals surface area contributed by atoms with Crippen molar-refractivity contribution in [3.63, 3.8) is 0 Å². The zero-order valence-corrected chi connectivity index (χ0v) is 30.3. The Balaban J connectivity index is 1.04. The Hall–Kier alpha value is -5.98. The van der Waals surface area contributed by atoms with E-state index in [9.17, 15) is 0 Å². The van der Waals surface area contributed by atoms with Crippen LogP contribution in [0.1, 0.15) is 65.1 Å². The van der Waals surface area contributed by atoms with E-state index in [-0.39, 0.29) is 5.41 Å². The highest BCUT2D eigenvalue weighted by Crippen LogP contribution is 2.53. The number of allylic oxidation sites excluding steroid dienone is 1. The van der Waals surface area contributed by atoms with Crippen LogP contribution in [0.3, 0.4) is 0 Å². The summed E-state index contributed by atoms with van der Waals surface area (Å²) in [6.07, 6.45) is 7.96. The van der Waals surface area contributed by atoms with Crippen molar-refractivity contribution in [1.82, 2.24) is 0 Å². The molecule has 3 aliphatic carbocycles. The molecule has 0 amide bonds. The van der Waals surface area contributed by atoms with Gasteiger partial charge in [0.2, 0.25) is 0 Å². The topological polar surface area (TPSA) is 0 Å². The lowest BCUT2D eigenvalue weighted by atomic mass is 9.70. The molecule has 1 atom stereocenters. The van der Waals surface area contributed by atoms with Gasteiger partial charge in [-0.3, -0.25) is 0 Å². The molecule has 0 nitrogen and oxygen atoms in total.